The summed E-state index contributed by atoms with van der Waals surface area (Å²) >= 11 is 0. The molecular formula is C13H15N3O2. The Hall–Kier alpha value is -1.91. The topological polar surface area (TPSA) is 78.9 Å². The highest BCUT2D eigenvalue weighted by Gasteiger charge is 2.33. The molecule has 0 radical (unpaired) electrons. The molecule has 2 atom stereocenters. The molecule has 1 aliphatic carbocycles. The minimum absolute atomic E-state index is 0.00884. The highest BCUT2D eigenvalue weighted by Crippen LogP contribution is 2.37. The lowest BCUT2D eigenvalue weighted by molar-refractivity contribution is -0.143. The summed E-state index contributed by atoms with van der Waals surface area (Å²) in [5.41, 5.74) is 1.55. The minimum atomic E-state index is -0.715. The van der Waals surface area contributed by atoms with Crippen molar-refractivity contribution < 1.29 is 9.90 Å². The fraction of sp³-hybridized carbons (Fsp3) is 0.462. The van der Waals surface area contributed by atoms with E-state index in [9.17, 15) is 9.90 Å². The van der Waals surface area contributed by atoms with Crippen LogP contribution in [0.3, 0.4) is 0 Å². The van der Waals surface area contributed by atoms with Crippen LogP contribution in [-0.2, 0) is 4.79 Å². The van der Waals surface area contributed by atoms with Gasteiger partial charge in [0, 0.05) is 12.1 Å². The van der Waals surface area contributed by atoms with Crippen molar-refractivity contribution in [3.8, 4) is 0 Å². The Bertz CT molecular complexity index is 545. The SMILES string of the molecule is O=C(O)C1CCCCC1c1nc2ncccc2[nH]1. The molecule has 0 amide bonds. The molecule has 1 aliphatic rings. The molecule has 0 aromatic carbocycles. The van der Waals surface area contributed by atoms with Crippen LogP contribution >= 0.6 is 0 Å². The summed E-state index contributed by atoms with van der Waals surface area (Å²) < 4.78 is 0. The molecule has 0 bridgehead atoms. The maximum atomic E-state index is 11.3. The van der Waals surface area contributed by atoms with E-state index in [0.717, 1.165) is 37.0 Å². The first-order valence-electron chi connectivity index (χ1n) is 6.29. The minimum Gasteiger partial charge on any atom is -0.481 e. The predicted octanol–water partition coefficient (Wildman–Crippen LogP) is 2.32. The number of nitrogens with zero attached hydrogens (tertiary/aromatic N) is 2. The summed E-state index contributed by atoms with van der Waals surface area (Å²) in [6.07, 6.45) is 5.38. The Morgan fingerprint density at radius 1 is 1.39 bits per heavy atom. The van der Waals surface area contributed by atoms with Gasteiger partial charge >= 0.3 is 5.97 Å². The van der Waals surface area contributed by atoms with Gasteiger partial charge in [0.1, 0.15) is 5.82 Å². The van der Waals surface area contributed by atoms with Crippen LogP contribution < -0.4 is 0 Å². The first-order valence-corrected chi connectivity index (χ1v) is 6.29. The first-order chi connectivity index (χ1) is 8.75. The van der Waals surface area contributed by atoms with Gasteiger partial charge < -0.3 is 10.1 Å². The van der Waals surface area contributed by atoms with E-state index < -0.39 is 5.97 Å². The van der Waals surface area contributed by atoms with E-state index in [1.165, 1.54) is 0 Å². The first kappa shape index (κ1) is 11.2. The second kappa shape index (κ2) is 4.40. The molecule has 2 heterocycles. The van der Waals surface area contributed by atoms with Crippen molar-refractivity contribution in [1.82, 2.24) is 15.0 Å². The standard InChI is InChI=1S/C13H15N3O2/c17-13(18)9-5-2-1-4-8(9)11-15-10-6-3-7-14-12(10)16-11/h3,6-9H,1-2,4-5H2,(H,17,18)(H,14,15,16). The number of aromatic nitrogens is 3. The molecule has 2 aromatic heterocycles. The van der Waals surface area contributed by atoms with Crippen LogP contribution in [0.1, 0.15) is 37.4 Å². The molecule has 2 aromatic rings. The summed E-state index contributed by atoms with van der Waals surface area (Å²) in [5.74, 6) is -0.270. The number of aromatic amines is 1. The summed E-state index contributed by atoms with van der Waals surface area (Å²) in [6, 6.07) is 3.76. The lowest BCUT2D eigenvalue weighted by atomic mass is 9.79. The van der Waals surface area contributed by atoms with Crippen molar-refractivity contribution in [1.29, 1.82) is 0 Å². The maximum Gasteiger partial charge on any atom is 0.307 e. The lowest BCUT2D eigenvalue weighted by Gasteiger charge is -2.26. The number of fused-ring (bicyclic) bond motifs is 1. The fourth-order valence-corrected chi connectivity index (χ4v) is 2.79. The van der Waals surface area contributed by atoms with Crippen molar-refractivity contribution >= 4 is 17.1 Å². The molecule has 1 saturated carbocycles. The average molecular weight is 245 g/mol. The van der Waals surface area contributed by atoms with E-state index in [1.54, 1.807) is 6.20 Å². The zero-order valence-corrected chi connectivity index (χ0v) is 9.97. The third-order valence-corrected chi connectivity index (χ3v) is 3.71. The number of carboxylic acid groups (broad SMARTS) is 1. The van der Waals surface area contributed by atoms with E-state index >= 15 is 0 Å². The normalized spacial score (nSPS) is 24.2. The van der Waals surface area contributed by atoms with Crippen LogP contribution in [0.15, 0.2) is 18.3 Å². The molecule has 18 heavy (non-hydrogen) atoms. The molecule has 2 N–H and O–H groups in total. The predicted molar refractivity (Wildman–Crippen MR) is 66.2 cm³/mol. The monoisotopic (exact) mass is 245 g/mol. The number of carboxylic acids is 1. The second-order valence-corrected chi connectivity index (χ2v) is 4.83. The number of aliphatic carboxylic acids is 1. The number of imidazole rings is 1. The van der Waals surface area contributed by atoms with E-state index in [0.29, 0.717) is 5.65 Å². The molecule has 5 heteroatoms. The Labute approximate surface area is 104 Å². The van der Waals surface area contributed by atoms with Gasteiger partial charge in [0.2, 0.25) is 0 Å². The lowest BCUT2D eigenvalue weighted by Crippen LogP contribution is -2.26. The zero-order chi connectivity index (χ0) is 12.5. The molecule has 94 valence electrons. The van der Waals surface area contributed by atoms with Crippen LogP contribution in [-0.4, -0.2) is 26.0 Å². The Morgan fingerprint density at radius 2 is 2.22 bits per heavy atom. The Kier molecular flexibility index (Phi) is 2.74. The van der Waals surface area contributed by atoms with Crippen molar-refractivity contribution in [2.24, 2.45) is 5.92 Å². The second-order valence-electron chi connectivity index (χ2n) is 4.83. The molecule has 2 unspecified atom stereocenters. The summed E-state index contributed by atoms with van der Waals surface area (Å²) in [6.45, 7) is 0. The zero-order valence-electron chi connectivity index (χ0n) is 9.97. The van der Waals surface area contributed by atoms with E-state index in [4.69, 9.17) is 0 Å². The van der Waals surface area contributed by atoms with Crippen molar-refractivity contribution in [3.05, 3.63) is 24.2 Å². The van der Waals surface area contributed by atoms with Crippen molar-refractivity contribution in [2.45, 2.75) is 31.6 Å². The molecule has 5 nitrogen and oxygen atoms in total. The van der Waals surface area contributed by atoms with Gasteiger partial charge in [0.25, 0.3) is 0 Å². The van der Waals surface area contributed by atoms with Gasteiger partial charge in [-0.05, 0) is 25.0 Å². The smallest absolute Gasteiger partial charge is 0.307 e. The van der Waals surface area contributed by atoms with E-state index in [2.05, 4.69) is 15.0 Å². The van der Waals surface area contributed by atoms with Crippen molar-refractivity contribution in [2.75, 3.05) is 0 Å². The van der Waals surface area contributed by atoms with E-state index in [1.807, 2.05) is 12.1 Å². The number of hydrogen-bond donors (Lipinski definition) is 2. The average Bonchev–Trinajstić information content (AvgIpc) is 2.82. The van der Waals surface area contributed by atoms with Gasteiger partial charge in [-0.3, -0.25) is 4.79 Å². The quantitative estimate of drug-likeness (QED) is 0.851. The third-order valence-electron chi connectivity index (χ3n) is 3.71. The van der Waals surface area contributed by atoms with Crippen LogP contribution in [0.5, 0.6) is 0 Å². The van der Waals surface area contributed by atoms with Gasteiger partial charge in [-0.25, -0.2) is 9.97 Å². The molecule has 0 spiro atoms. The molecule has 1 fully saturated rings. The van der Waals surface area contributed by atoms with Gasteiger partial charge in [0.05, 0.1) is 11.4 Å². The largest absolute Gasteiger partial charge is 0.481 e. The Balaban J connectivity index is 1.98. The van der Waals surface area contributed by atoms with E-state index in [-0.39, 0.29) is 11.8 Å². The van der Waals surface area contributed by atoms with Gasteiger partial charge in [-0.2, -0.15) is 0 Å². The molecule has 3 rings (SSSR count). The van der Waals surface area contributed by atoms with Crippen LogP contribution in [0.25, 0.3) is 11.2 Å². The number of pyridine rings is 1. The highest BCUT2D eigenvalue weighted by atomic mass is 16.4. The highest BCUT2D eigenvalue weighted by molar-refractivity contribution is 5.73. The van der Waals surface area contributed by atoms with Gasteiger partial charge in [-0.15, -0.1) is 0 Å². The number of nitrogens with one attached hydrogen (secondary N) is 1. The van der Waals surface area contributed by atoms with Gasteiger partial charge in [-0.1, -0.05) is 12.8 Å². The number of carbonyl (C=O) groups is 1. The summed E-state index contributed by atoms with van der Waals surface area (Å²) in [7, 11) is 0. The van der Waals surface area contributed by atoms with Crippen LogP contribution in [0.4, 0.5) is 0 Å². The number of hydrogen-bond acceptors (Lipinski definition) is 3. The molecule has 0 saturated heterocycles. The number of H-pyrrole nitrogens is 1. The number of rotatable bonds is 2. The summed E-state index contributed by atoms with van der Waals surface area (Å²) in [5, 5.41) is 9.29. The summed E-state index contributed by atoms with van der Waals surface area (Å²) in [4.78, 5) is 23.1. The molecular weight excluding hydrogens is 230 g/mol. The maximum absolute atomic E-state index is 11.3. The third kappa shape index (κ3) is 1.85. The van der Waals surface area contributed by atoms with Crippen LogP contribution in [0.2, 0.25) is 0 Å². The van der Waals surface area contributed by atoms with Crippen molar-refractivity contribution in [3.63, 3.8) is 0 Å². The fourth-order valence-electron chi connectivity index (χ4n) is 2.79. The van der Waals surface area contributed by atoms with Crippen LogP contribution in [0, 0.1) is 5.92 Å². The Morgan fingerprint density at radius 3 is 3.00 bits per heavy atom. The van der Waals surface area contributed by atoms with Gasteiger partial charge in [0.15, 0.2) is 5.65 Å². The molecule has 0 aliphatic heterocycles.